The third-order valence-corrected chi connectivity index (χ3v) is 4.06. The van der Waals surface area contributed by atoms with Crippen molar-refractivity contribution in [2.75, 3.05) is 44.2 Å². The summed E-state index contributed by atoms with van der Waals surface area (Å²) in [5.41, 5.74) is 0. The van der Waals surface area contributed by atoms with Gasteiger partial charge in [-0.3, -0.25) is 4.79 Å². The van der Waals surface area contributed by atoms with Crippen molar-refractivity contribution in [3.05, 3.63) is 23.4 Å². The van der Waals surface area contributed by atoms with E-state index < -0.39 is 0 Å². The molecule has 0 spiro atoms. The van der Waals surface area contributed by atoms with E-state index >= 15 is 0 Å². The molecule has 0 unspecified atom stereocenters. The lowest BCUT2D eigenvalue weighted by Gasteiger charge is -2.39. The second-order valence-electron chi connectivity index (χ2n) is 4.98. The molecule has 3 heterocycles. The second kappa shape index (κ2) is 6.61. The Morgan fingerprint density at radius 3 is 2.55 bits per heavy atom. The van der Waals surface area contributed by atoms with Crippen LogP contribution in [0.15, 0.2) is 18.3 Å². The molecule has 0 bridgehead atoms. The third kappa shape index (κ3) is 3.00. The summed E-state index contributed by atoms with van der Waals surface area (Å²) in [6.07, 6.45) is 1.75. The molecule has 2 aliphatic rings. The first kappa shape index (κ1) is 15.4. The first-order valence-corrected chi connectivity index (χ1v) is 6.98. The molecule has 1 amide bonds. The number of amides is 1. The Labute approximate surface area is 129 Å². The zero-order valence-electron chi connectivity index (χ0n) is 11.1. The third-order valence-electron chi connectivity index (χ3n) is 3.76. The Hall–Kier alpha value is -1.04. The van der Waals surface area contributed by atoms with Crippen LogP contribution in [0.1, 0.15) is 0 Å². The van der Waals surface area contributed by atoms with Crippen LogP contribution in [0.5, 0.6) is 0 Å². The molecule has 0 saturated carbocycles. The number of halogens is 2. The van der Waals surface area contributed by atoms with Gasteiger partial charge in [0.15, 0.2) is 0 Å². The lowest BCUT2D eigenvalue weighted by atomic mass is 10.0. The zero-order valence-corrected chi connectivity index (χ0v) is 12.7. The van der Waals surface area contributed by atoms with Gasteiger partial charge in [0.25, 0.3) is 0 Å². The van der Waals surface area contributed by atoms with Gasteiger partial charge in [0.1, 0.15) is 5.82 Å². The number of piperazine rings is 1. The van der Waals surface area contributed by atoms with E-state index in [0.29, 0.717) is 5.02 Å². The van der Waals surface area contributed by atoms with Crippen LogP contribution in [-0.2, 0) is 4.79 Å². The average molecular weight is 317 g/mol. The van der Waals surface area contributed by atoms with Crippen molar-refractivity contribution < 1.29 is 4.79 Å². The van der Waals surface area contributed by atoms with E-state index in [0.717, 1.165) is 45.1 Å². The molecule has 1 aromatic heterocycles. The Bertz CT molecular complexity index is 473. The van der Waals surface area contributed by atoms with Crippen molar-refractivity contribution in [3.8, 4) is 0 Å². The maximum atomic E-state index is 12.1. The number of carbonyl (C=O) groups is 1. The Kier molecular flexibility index (Phi) is 5.07. The van der Waals surface area contributed by atoms with Gasteiger partial charge in [0, 0.05) is 45.5 Å². The number of hydrogen-bond donors (Lipinski definition) is 1. The highest BCUT2D eigenvalue weighted by atomic mass is 35.5. The van der Waals surface area contributed by atoms with Crippen molar-refractivity contribution in [2.45, 2.75) is 0 Å². The summed E-state index contributed by atoms with van der Waals surface area (Å²) in [4.78, 5) is 20.5. The first-order valence-electron chi connectivity index (χ1n) is 6.60. The predicted octanol–water partition coefficient (Wildman–Crippen LogP) is 1.02. The van der Waals surface area contributed by atoms with E-state index in [1.807, 2.05) is 17.0 Å². The van der Waals surface area contributed by atoms with E-state index in [-0.39, 0.29) is 24.2 Å². The quantitative estimate of drug-likeness (QED) is 0.885. The van der Waals surface area contributed by atoms with Crippen LogP contribution in [-0.4, -0.2) is 55.1 Å². The van der Waals surface area contributed by atoms with Crippen molar-refractivity contribution in [3.63, 3.8) is 0 Å². The summed E-state index contributed by atoms with van der Waals surface area (Å²) in [6, 6.07) is 3.68. The highest BCUT2D eigenvalue weighted by Gasteiger charge is 2.31. The summed E-state index contributed by atoms with van der Waals surface area (Å²) >= 11 is 6.15. The maximum Gasteiger partial charge on any atom is 0.228 e. The minimum absolute atomic E-state index is 0. The number of nitrogens with one attached hydrogen (secondary N) is 1. The topological polar surface area (TPSA) is 48.5 Å². The summed E-state index contributed by atoms with van der Waals surface area (Å²) in [6.45, 7) is 4.74. The van der Waals surface area contributed by atoms with Crippen molar-refractivity contribution in [2.24, 2.45) is 5.92 Å². The van der Waals surface area contributed by atoms with Gasteiger partial charge < -0.3 is 15.1 Å². The number of pyridine rings is 1. The molecule has 0 aliphatic carbocycles. The molecular formula is C13H18Cl2N4O. The average Bonchev–Trinajstić information content (AvgIpc) is 2.37. The molecule has 1 aromatic rings. The molecular weight excluding hydrogens is 299 g/mol. The highest BCUT2D eigenvalue weighted by Crippen LogP contribution is 2.23. The van der Waals surface area contributed by atoms with E-state index in [4.69, 9.17) is 11.6 Å². The first-order chi connectivity index (χ1) is 9.25. The van der Waals surface area contributed by atoms with Crippen molar-refractivity contribution >= 4 is 35.7 Å². The molecule has 2 saturated heterocycles. The molecule has 5 nitrogen and oxygen atoms in total. The number of aromatic nitrogens is 1. The molecule has 110 valence electrons. The fourth-order valence-corrected chi connectivity index (χ4v) is 2.71. The van der Waals surface area contributed by atoms with Crippen LogP contribution in [0.3, 0.4) is 0 Å². The minimum atomic E-state index is 0. The van der Waals surface area contributed by atoms with Gasteiger partial charge in [0.05, 0.1) is 10.9 Å². The molecule has 0 aromatic carbocycles. The number of nitrogens with zero attached hydrogens (tertiary/aromatic N) is 3. The van der Waals surface area contributed by atoms with Gasteiger partial charge in [-0.2, -0.15) is 0 Å². The largest absolute Gasteiger partial charge is 0.352 e. The van der Waals surface area contributed by atoms with Gasteiger partial charge in [-0.25, -0.2) is 4.98 Å². The van der Waals surface area contributed by atoms with Crippen LogP contribution in [0, 0.1) is 5.92 Å². The Balaban J connectivity index is 0.00000147. The van der Waals surface area contributed by atoms with E-state index in [9.17, 15) is 4.79 Å². The van der Waals surface area contributed by atoms with E-state index in [1.54, 1.807) is 6.20 Å². The van der Waals surface area contributed by atoms with Crippen LogP contribution in [0.4, 0.5) is 5.82 Å². The summed E-state index contributed by atoms with van der Waals surface area (Å²) in [5.74, 6) is 1.29. The number of hydrogen-bond acceptors (Lipinski definition) is 4. The molecule has 2 fully saturated rings. The summed E-state index contributed by atoms with van der Waals surface area (Å²) in [7, 11) is 0. The molecule has 2 aliphatic heterocycles. The van der Waals surface area contributed by atoms with Crippen LogP contribution in [0.2, 0.25) is 5.02 Å². The van der Waals surface area contributed by atoms with Crippen molar-refractivity contribution in [1.29, 1.82) is 0 Å². The van der Waals surface area contributed by atoms with Crippen LogP contribution >= 0.6 is 24.0 Å². The fraction of sp³-hybridized carbons (Fsp3) is 0.538. The normalized spacial score (nSPS) is 19.2. The number of rotatable bonds is 2. The SMILES string of the molecule is Cl.O=C(C1CNC1)N1CCN(c2ncccc2Cl)CC1. The lowest BCUT2D eigenvalue weighted by Crippen LogP contribution is -2.56. The molecule has 0 atom stereocenters. The van der Waals surface area contributed by atoms with Gasteiger partial charge in [-0.1, -0.05) is 11.6 Å². The Morgan fingerprint density at radius 2 is 2.00 bits per heavy atom. The van der Waals surface area contributed by atoms with Gasteiger partial charge in [-0.05, 0) is 12.1 Å². The maximum absolute atomic E-state index is 12.1. The van der Waals surface area contributed by atoms with Crippen LogP contribution < -0.4 is 10.2 Å². The molecule has 7 heteroatoms. The molecule has 1 N–H and O–H groups in total. The zero-order chi connectivity index (χ0) is 13.2. The summed E-state index contributed by atoms with van der Waals surface area (Å²) in [5, 5.41) is 3.81. The van der Waals surface area contributed by atoms with Gasteiger partial charge in [-0.15, -0.1) is 12.4 Å². The lowest BCUT2D eigenvalue weighted by molar-refractivity contribution is -0.137. The minimum Gasteiger partial charge on any atom is -0.352 e. The van der Waals surface area contributed by atoms with Gasteiger partial charge in [0.2, 0.25) is 5.91 Å². The van der Waals surface area contributed by atoms with Crippen molar-refractivity contribution in [1.82, 2.24) is 15.2 Å². The molecule has 20 heavy (non-hydrogen) atoms. The molecule has 0 radical (unpaired) electrons. The van der Waals surface area contributed by atoms with Crippen LogP contribution in [0.25, 0.3) is 0 Å². The van der Waals surface area contributed by atoms with E-state index in [1.165, 1.54) is 0 Å². The molecule has 3 rings (SSSR count). The predicted molar refractivity (Wildman–Crippen MR) is 81.6 cm³/mol. The number of carbonyl (C=O) groups excluding carboxylic acids is 1. The smallest absolute Gasteiger partial charge is 0.228 e. The van der Waals surface area contributed by atoms with E-state index in [2.05, 4.69) is 15.2 Å². The fourth-order valence-electron chi connectivity index (χ4n) is 2.47. The highest BCUT2D eigenvalue weighted by molar-refractivity contribution is 6.32. The van der Waals surface area contributed by atoms with Gasteiger partial charge >= 0.3 is 0 Å². The standard InChI is InChI=1S/C13H17ClN4O.ClH/c14-11-2-1-3-16-12(11)17-4-6-18(7-5-17)13(19)10-8-15-9-10;/h1-3,10,15H,4-9H2;1H. The number of anilines is 1. The summed E-state index contributed by atoms with van der Waals surface area (Å²) < 4.78 is 0. The Morgan fingerprint density at radius 1 is 1.30 bits per heavy atom. The second-order valence-corrected chi connectivity index (χ2v) is 5.38. The monoisotopic (exact) mass is 316 g/mol.